The van der Waals surface area contributed by atoms with E-state index in [2.05, 4.69) is 45.7 Å². The number of nitrogens with zero attached hydrogens (tertiary/aromatic N) is 1. The maximum absolute atomic E-state index is 6.18. The van der Waals surface area contributed by atoms with E-state index in [9.17, 15) is 0 Å². The summed E-state index contributed by atoms with van der Waals surface area (Å²) in [6.45, 7) is 9.63. The molecule has 0 radical (unpaired) electrons. The second-order valence-corrected chi connectivity index (χ2v) is 6.40. The summed E-state index contributed by atoms with van der Waals surface area (Å²) in [6.07, 6.45) is 0. The zero-order valence-electron chi connectivity index (χ0n) is 13.1. The molecular weight excluding hydrogens is 236 g/mol. The van der Waals surface area contributed by atoms with Crippen molar-refractivity contribution in [2.45, 2.75) is 46.3 Å². The number of likely N-dealkylation sites (N-methyl/N-ethyl adjacent to an activating group) is 1. The molecule has 1 aromatic carbocycles. The van der Waals surface area contributed by atoms with Gasteiger partial charge in [-0.1, -0.05) is 39.0 Å². The average molecular weight is 264 g/mol. The van der Waals surface area contributed by atoms with Crippen LogP contribution in [-0.2, 0) is 6.54 Å². The molecule has 0 aromatic heterocycles. The summed E-state index contributed by atoms with van der Waals surface area (Å²) >= 11 is 0. The van der Waals surface area contributed by atoms with E-state index in [4.69, 9.17) is 10.5 Å². The van der Waals surface area contributed by atoms with Gasteiger partial charge in [-0.3, -0.25) is 4.90 Å². The number of ether oxygens (including phenoxy) is 1. The number of rotatable bonds is 5. The lowest BCUT2D eigenvalue weighted by atomic mass is 9.82. The predicted molar refractivity (Wildman–Crippen MR) is 81.4 cm³/mol. The molecule has 0 amide bonds. The molecule has 1 rings (SSSR count). The van der Waals surface area contributed by atoms with Crippen LogP contribution in [0.4, 0.5) is 0 Å². The minimum atomic E-state index is 0.125. The molecule has 0 aliphatic carbocycles. The molecule has 19 heavy (non-hydrogen) atoms. The van der Waals surface area contributed by atoms with Gasteiger partial charge in [0, 0.05) is 24.2 Å². The third-order valence-electron chi connectivity index (χ3n) is 3.47. The van der Waals surface area contributed by atoms with Gasteiger partial charge in [0.1, 0.15) is 5.75 Å². The highest BCUT2D eigenvalue weighted by Crippen LogP contribution is 2.28. The van der Waals surface area contributed by atoms with Gasteiger partial charge in [0.15, 0.2) is 0 Å². The van der Waals surface area contributed by atoms with Crippen molar-refractivity contribution in [1.29, 1.82) is 0 Å². The van der Waals surface area contributed by atoms with Crippen LogP contribution < -0.4 is 10.5 Å². The van der Waals surface area contributed by atoms with Gasteiger partial charge in [0.2, 0.25) is 0 Å². The molecule has 3 nitrogen and oxygen atoms in total. The van der Waals surface area contributed by atoms with E-state index in [-0.39, 0.29) is 11.5 Å². The van der Waals surface area contributed by atoms with Gasteiger partial charge in [0.25, 0.3) is 0 Å². The number of para-hydroxylation sites is 1. The number of benzene rings is 1. The van der Waals surface area contributed by atoms with E-state index in [0.717, 1.165) is 12.3 Å². The molecule has 0 aliphatic rings. The van der Waals surface area contributed by atoms with Crippen LogP contribution in [0.5, 0.6) is 5.75 Å². The van der Waals surface area contributed by atoms with Gasteiger partial charge in [-0.2, -0.15) is 0 Å². The number of nitrogens with two attached hydrogens (primary N) is 1. The lowest BCUT2D eigenvalue weighted by Crippen LogP contribution is -2.51. The SMILES string of the molecule is COc1ccccc1CN(C)C(C(C)N)C(C)(C)C. The Balaban J connectivity index is 2.91. The highest BCUT2D eigenvalue weighted by molar-refractivity contribution is 5.33. The van der Waals surface area contributed by atoms with Crippen molar-refractivity contribution < 1.29 is 4.74 Å². The van der Waals surface area contributed by atoms with Crippen molar-refractivity contribution in [3.8, 4) is 5.75 Å². The van der Waals surface area contributed by atoms with E-state index in [1.165, 1.54) is 5.56 Å². The topological polar surface area (TPSA) is 38.5 Å². The van der Waals surface area contributed by atoms with Gasteiger partial charge < -0.3 is 10.5 Å². The summed E-state index contributed by atoms with van der Waals surface area (Å²) in [6, 6.07) is 8.59. The van der Waals surface area contributed by atoms with Gasteiger partial charge in [0.05, 0.1) is 7.11 Å². The first-order valence-corrected chi connectivity index (χ1v) is 6.85. The first-order chi connectivity index (χ1) is 8.77. The summed E-state index contributed by atoms with van der Waals surface area (Å²) in [5.74, 6) is 0.937. The molecule has 2 N–H and O–H groups in total. The fourth-order valence-corrected chi connectivity index (χ4v) is 3.05. The zero-order chi connectivity index (χ0) is 14.6. The van der Waals surface area contributed by atoms with E-state index in [0.29, 0.717) is 6.04 Å². The fourth-order valence-electron chi connectivity index (χ4n) is 3.05. The van der Waals surface area contributed by atoms with Crippen molar-refractivity contribution in [2.75, 3.05) is 14.2 Å². The standard InChI is InChI=1S/C16H28N2O/c1-12(17)15(16(2,3)4)18(5)11-13-9-7-8-10-14(13)19-6/h7-10,12,15H,11,17H2,1-6H3. The van der Waals surface area contributed by atoms with Gasteiger partial charge >= 0.3 is 0 Å². The molecule has 0 fully saturated rings. The van der Waals surface area contributed by atoms with Crippen LogP contribution in [0.1, 0.15) is 33.3 Å². The molecular formula is C16H28N2O. The molecule has 0 heterocycles. The summed E-state index contributed by atoms with van der Waals surface area (Å²) in [4.78, 5) is 2.32. The van der Waals surface area contributed by atoms with Crippen LogP contribution in [0.25, 0.3) is 0 Å². The van der Waals surface area contributed by atoms with Crippen molar-refractivity contribution in [1.82, 2.24) is 4.90 Å². The zero-order valence-corrected chi connectivity index (χ0v) is 13.1. The van der Waals surface area contributed by atoms with E-state index < -0.39 is 0 Å². The van der Waals surface area contributed by atoms with Crippen LogP contribution in [-0.4, -0.2) is 31.1 Å². The Morgan fingerprint density at radius 1 is 1.26 bits per heavy atom. The molecule has 108 valence electrons. The Hall–Kier alpha value is -1.06. The van der Waals surface area contributed by atoms with Crippen molar-refractivity contribution in [3.63, 3.8) is 0 Å². The van der Waals surface area contributed by atoms with Gasteiger partial charge in [-0.15, -0.1) is 0 Å². The Morgan fingerprint density at radius 3 is 2.32 bits per heavy atom. The highest BCUT2D eigenvalue weighted by Gasteiger charge is 2.31. The molecule has 3 heteroatoms. The normalized spacial score (nSPS) is 15.4. The third-order valence-corrected chi connectivity index (χ3v) is 3.47. The Kier molecular flexibility index (Phi) is 5.39. The molecule has 0 saturated carbocycles. The molecule has 0 bridgehead atoms. The van der Waals surface area contributed by atoms with Crippen molar-refractivity contribution in [3.05, 3.63) is 29.8 Å². The summed E-state index contributed by atoms with van der Waals surface area (Å²) in [5.41, 5.74) is 7.52. The largest absolute Gasteiger partial charge is 0.496 e. The molecule has 0 saturated heterocycles. The van der Waals surface area contributed by atoms with Gasteiger partial charge in [-0.05, 0) is 25.5 Å². The van der Waals surface area contributed by atoms with E-state index >= 15 is 0 Å². The molecule has 2 unspecified atom stereocenters. The second kappa shape index (κ2) is 6.40. The molecule has 2 atom stereocenters. The van der Waals surface area contributed by atoms with Crippen LogP contribution in [0.15, 0.2) is 24.3 Å². The maximum Gasteiger partial charge on any atom is 0.123 e. The van der Waals surface area contributed by atoms with Crippen LogP contribution >= 0.6 is 0 Å². The van der Waals surface area contributed by atoms with Gasteiger partial charge in [-0.25, -0.2) is 0 Å². The summed E-state index contributed by atoms with van der Waals surface area (Å²) in [5, 5.41) is 0. The molecule has 0 aliphatic heterocycles. The minimum absolute atomic E-state index is 0.125. The number of hydrogen-bond acceptors (Lipinski definition) is 3. The Labute approximate surface area is 117 Å². The quantitative estimate of drug-likeness (QED) is 0.888. The van der Waals surface area contributed by atoms with Crippen molar-refractivity contribution >= 4 is 0 Å². The monoisotopic (exact) mass is 264 g/mol. The van der Waals surface area contributed by atoms with Crippen LogP contribution in [0, 0.1) is 5.41 Å². The Bertz CT molecular complexity index is 396. The van der Waals surface area contributed by atoms with E-state index in [1.54, 1.807) is 7.11 Å². The highest BCUT2D eigenvalue weighted by atomic mass is 16.5. The summed E-state index contributed by atoms with van der Waals surface area (Å²) in [7, 11) is 3.84. The average Bonchev–Trinajstić information content (AvgIpc) is 2.27. The van der Waals surface area contributed by atoms with Crippen molar-refractivity contribution in [2.24, 2.45) is 11.1 Å². The third kappa shape index (κ3) is 4.22. The lowest BCUT2D eigenvalue weighted by molar-refractivity contribution is 0.0995. The molecule has 1 aromatic rings. The summed E-state index contributed by atoms with van der Waals surface area (Å²) < 4.78 is 5.41. The molecule has 0 spiro atoms. The van der Waals surface area contributed by atoms with E-state index in [1.807, 2.05) is 18.2 Å². The fraction of sp³-hybridized carbons (Fsp3) is 0.625. The predicted octanol–water partition coefficient (Wildman–Crippen LogP) is 2.89. The Morgan fingerprint density at radius 2 is 1.84 bits per heavy atom. The van der Waals surface area contributed by atoms with Crippen LogP contribution in [0.3, 0.4) is 0 Å². The number of methoxy groups -OCH3 is 1. The maximum atomic E-state index is 6.18. The number of hydrogen-bond donors (Lipinski definition) is 1. The minimum Gasteiger partial charge on any atom is -0.496 e. The van der Waals surface area contributed by atoms with Crippen LogP contribution in [0.2, 0.25) is 0 Å². The lowest BCUT2D eigenvalue weighted by Gasteiger charge is -2.41. The smallest absolute Gasteiger partial charge is 0.123 e. The first kappa shape index (κ1) is 16.0. The second-order valence-electron chi connectivity index (χ2n) is 6.40. The first-order valence-electron chi connectivity index (χ1n) is 6.85.